The molecule has 17 heavy (non-hydrogen) atoms. The highest BCUT2D eigenvalue weighted by atomic mass is 35.5. The van der Waals surface area contributed by atoms with Crippen LogP contribution in [0.3, 0.4) is 0 Å². The summed E-state index contributed by atoms with van der Waals surface area (Å²) in [5.41, 5.74) is 1.50. The number of aliphatic hydroxyl groups excluding tert-OH is 1. The van der Waals surface area contributed by atoms with E-state index in [1.807, 2.05) is 42.5 Å². The van der Waals surface area contributed by atoms with Crippen LogP contribution >= 0.6 is 11.6 Å². The molecule has 0 saturated heterocycles. The van der Waals surface area contributed by atoms with Crippen LogP contribution in [0.5, 0.6) is 5.75 Å². The fourth-order valence-corrected chi connectivity index (χ4v) is 1.90. The third-order valence-electron chi connectivity index (χ3n) is 2.63. The van der Waals surface area contributed by atoms with Crippen molar-refractivity contribution in [3.05, 3.63) is 64.7 Å². The second-order valence-corrected chi connectivity index (χ2v) is 4.10. The van der Waals surface area contributed by atoms with Gasteiger partial charge in [-0.05, 0) is 23.8 Å². The van der Waals surface area contributed by atoms with Gasteiger partial charge in [-0.15, -0.1) is 0 Å². The van der Waals surface area contributed by atoms with Gasteiger partial charge in [-0.25, -0.2) is 0 Å². The Morgan fingerprint density at radius 1 is 1.06 bits per heavy atom. The van der Waals surface area contributed by atoms with E-state index >= 15 is 0 Å². The average molecular weight is 249 g/mol. The summed E-state index contributed by atoms with van der Waals surface area (Å²) in [5.74, 6) is 0.764. The summed E-state index contributed by atoms with van der Waals surface area (Å²) < 4.78 is 5.07. The van der Waals surface area contributed by atoms with Gasteiger partial charge in [0.05, 0.1) is 7.11 Å². The molecule has 0 aliphatic rings. The number of halogens is 1. The van der Waals surface area contributed by atoms with E-state index in [0.717, 1.165) is 11.3 Å². The van der Waals surface area contributed by atoms with Crippen LogP contribution in [0.4, 0.5) is 0 Å². The van der Waals surface area contributed by atoms with E-state index in [4.69, 9.17) is 16.3 Å². The van der Waals surface area contributed by atoms with Crippen LogP contribution in [-0.2, 0) is 0 Å². The lowest BCUT2D eigenvalue weighted by Gasteiger charge is -2.13. The first kappa shape index (κ1) is 12.0. The van der Waals surface area contributed by atoms with Crippen molar-refractivity contribution in [3.63, 3.8) is 0 Å². The van der Waals surface area contributed by atoms with Gasteiger partial charge in [0.1, 0.15) is 11.9 Å². The van der Waals surface area contributed by atoms with Crippen molar-refractivity contribution in [1.82, 2.24) is 0 Å². The zero-order chi connectivity index (χ0) is 12.3. The highest BCUT2D eigenvalue weighted by molar-refractivity contribution is 6.31. The van der Waals surface area contributed by atoms with Crippen LogP contribution in [-0.4, -0.2) is 12.2 Å². The molecular formula is C14H13ClO2. The number of hydrogen-bond acceptors (Lipinski definition) is 2. The molecule has 0 heterocycles. The Morgan fingerprint density at radius 2 is 1.71 bits per heavy atom. The molecule has 2 rings (SSSR count). The molecule has 2 aromatic carbocycles. The van der Waals surface area contributed by atoms with E-state index in [9.17, 15) is 5.11 Å². The quantitative estimate of drug-likeness (QED) is 0.902. The maximum Gasteiger partial charge on any atom is 0.118 e. The Kier molecular flexibility index (Phi) is 3.67. The molecule has 0 radical (unpaired) electrons. The van der Waals surface area contributed by atoms with Crippen molar-refractivity contribution in [3.8, 4) is 5.75 Å². The Hall–Kier alpha value is -1.51. The minimum atomic E-state index is -0.713. The number of ether oxygens (including phenoxy) is 1. The summed E-state index contributed by atoms with van der Waals surface area (Å²) in [6, 6.07) is 14.6. The first-order valence-corrected chi connectivity index (χ1v) is 5.66. The molecule has 0 saturated carbocycles. The Morgan fingerprint density at radius 3 is 2.29 bits per heavy atom. The van der Waals surface area contributed by atoms with Crippen LogP contribution in [0.25, 0.3) is 0 Å². The maximum absolute atomic E-state index is 10.2. The van der Waals surface area contributed by atoms with Gasteiger partial charge in [-0.2, -0.15) is 0 Å². The molecule has 0 spiro atoms. The third kappa shape index (κ3) is 2.60. The minimum Gasteiger partial charge on any atom is -0.497 e. The van der Waals surface area contributed by atoms with Crippen LogP contribution < -0.4 is 4.74 Å². The molecular weight excluding hydrogens is 236 g/mol. The van der Waals surface area contributed by atoms with Gasteiger partial charge in [0.2, 0.25) is 0 Å². The lowest BCUT2D eigenvalue weighted by Crippen LogP contribution is -2.00. The van der Waals surface area contributed by atoms with Gasteiger partial charge in [-0.3, -0.25) is 0 Å². The van der Waals surface area contributed by atoms with E-state index in [1.165, 1.54) is 0 Å². The summed E-state index contributed by atoms with van der Waals surface area (Å²) in [7, 11) is 1.61. The fraction of sp³-hybridized carbons (Fsp3) is 0.143. The van der Waals surface area contributed by atoms with Gasteiger partial charge in [0.15, 0.2) is 0 Å². The molecule has 0 bridgehead atoms. The number of methoxy groups -OCH3 is 1. The van der Waals surface area contributed by atoms with Crippen molar-refractivity contribution in [2.45, 2.75) is 6.10 Å². The Balaban J connectivity index is 2.30. The summed E-state index contributed by atoms with van der Waals surface area (Å²) >= 11 is 6.04. The molecule has 2 nitrogen and oxygen atoms in total. The molecule has 0 amide bonds. The van der Waals surface area contributed by atoms with Gasteiger partial charge in [0.25, 0.3) is 0 Å². The summed E-state index contributed by atoms with van der Waals surface area (Å²) in [6.45, 7) is 0. The molecule has 1 atom stereocenters. The van der Waals surface area contributed by atoms with Crippen LogP contribution in [0.2, 0.25) is 5.02 Å². The average Bonchev–Trinajstić information content (AvgIpc) is 2.39. The molecule has 2 aromatic rings. The Labute approximate surface area is 105 Å². The van der Waals surface area contributed by atoms with E-state index in [2.05, 4.69) is 0 Å². The summed E-state index contributed by atoms with van der Waals surface area (Å²) in [5, 5.41) is 10.8. The molecule has 3 heteroatoms. The van der Waals surface area contributed by atoms with Crippen LogP contribution in [0.1, 0.15) is 17.2 Å². The first-order chi connectivity index (χ1) is 8.22. The van der Waals surface area contributed by atoms with Crippen molar-refractivity contribution in [1.29, 1.82) is 0 Å². The molecule has 0 aromatic heterocycles. The van der Waals surface area contributed by atoms with Crippen molar-refractivity contribution < 1.29 is 9.84 Å². The van der Waals surface area contributed by atoms with Crippen molar-refractivity contribution >= 4 is 11.6 Å². The number of rotatable bonds is 3. The molecule has 0 aliphatic heterocycles. The second kappa shape index (κ2) is 5.21. The molecule has 88 valence electrons. The van der Waals surface area contributed by atoms with E-state index in [1.54, 1.807) is 13.2 Å². The second-order valence-electron chi connectivity index (χ2n) is 3.70. The molecule has 0 aliphatic carbocycles. The number of aliphatic hydroxyl groups is 1. The minimum absolute atomic E-state index is 0.566. The normalized spacial score (nSPS) is 12.2. The van der Waals surface area contributed by atoms with E-state index < -0.39 is 6.10 Å². The van der Waals surface area contributed by atoms with Gasteiger partial charge in [-0.1, -0.05) is 41.9 Å². The van der Waals surface area contributed by atoms with Gasteiger partial charge in [0, 0.05) is 10.6 Å². The van der Waals surface area contributed by atoms with Crippen LogP contribution in [0.15, 0.2) is 48.5 Å². The highest BCUT2D eigenvalue weighted by Gasteiger charge is 2.13. The zero-order valence-corrected chi connectivity index (χ0v) is 10.2. The topological polar surface area (TPSA) is 29.5 Å². The SMILES string of the molecule is COc1ccc(C(O)c2ccccc2Cl)cc1. The van der Waals surface area contributed by atoms with E-state index in [-0.39, 0.29) is 0 Å². The zero-order valence-electron chi connectivity index (χ0n) is 9.43. The third-order valence-corrected chi connectivity index (χ3v) is 2.98. The van der Waals surface area contributed by atoms with Crippen LogP contribution in [0, 0.1) is 0 Å². The number of benzene rings is 2. The Bertz CT molecular complexity index is 494. The van der Waals surface area contributed by atoms with Gasteiger partial charge >= 0.3 is 0 Å². The lowest BCUT2D eigenvalue weighted by molar-refractivity contribution is 0.220. The summed E-state index contributed by atoms with van der Waals surface area (Å²) in [4.78, 5) is 0. The number of hydrogen-bond donors (Lipinski definition) is 1. The lowest BCUT2D eigenvalue weighted by atomic mass is 10.0. The first-order valence-electron chi connectivity index (χ1n) is 5.29. The van der Waals surface area contributed by atoms with Gasteiger partial charge < -0.3 is 9.84 Å². The van der Waals surface area contributed by atoms with Crippen molar-refractivity contribution in [2.24, 2.45) is 0 Å². The molecule has 1 N–H and O–H groups in total. The fourth-order valence-electron chi connectivity index (χ4n) is 1.66. The summed E-state index contributed by atoms with van der Waals surface area (Å²) in [6.07, 6.45) is -0.713. The molecule has 1 unspecified atom stereocenters. The van der Waals surface area contributed by atoms with Crippen molar-refractivity contribution in [2.75, 3.05) is 7.11 Å². The predicted octanol–water partition coefficient (Wildman–Crippen LogP) is 3.43. The molecule has 0 fully saturated rings. The monoisotopic (exact) mass is 248 g/mol. The van der Waals surface area contributed by atoms with E-state index in [0.29, 0.717) is 10.6 Å². The standard InChI is InChI=1S/C14H13ClO2/c1-17-11-8-6-10(7-9-11)14(16)12-4-2-3-5-13(12)15/h2-9,14,16H,1H3. The highest BCUT2D eigenvalue weighted by Crippen LogP contribution is 2.28. The predicted molar refractivity (Wildman–Crippen MR) is 68.5 cm³/mol. The smallest absolute Gasteiger partial charge is 0.118 e. The largest absolute Gasteiger partial charge is 0.497 e. The maximum atomic E-state index is 10.2.